The summed E-state index contributed by atoms with van der Waals surface area (Å²) < 4.78 is 17.8. The van der Waals surface area contributed by atoms with Gasteiger partial charge in [0.15, 0.2) is 0 Å². The molecule has 4 atom stereocenters. The molecule has 1 saturated carbocycles. The molecule has 2 nitrogen and oxygen atoms in total. The van der Waals surface area contributed by atoms with E-state index in [4.69, 9.17) is 10.8 Å². The van der Waals surface area contributed by atoms with E-state index in [1.165, 1.54) is 0 Å². The fraction of sp³-hybridized carbons (Fsp3) is 0.778. The number of hydrogen-bond acceptors (Lipinski definition) is 2. The first-order valence-corrected chi connectivity index (χ1v) is 4.00. The molecule has 0 spiro atoms. The SMILES string of the molecule is [3H]CCO[C@H]1[C@H]2O[C@H]2C(=C)[C@@H]1C. The molecule has 0 N–H and O–H groups in total. The smallest absolute Gasteiger partial charge is 0.115 e. The molecule has 0 aromatic heterocycles. The van der Waals surface area contributed by atoms with E-state index < -0.39 is 0 Å². The van der Waals surface area contributed by atoms with E-state index in [1.54, 1.807) is 0 Å². The van der Waals surface area contributed by atoms with Crippen LogP contribution in [0.1, 0.15) is 15.2 Å². The lowest BCUT2D eigenvalue weighted by Gasteiger charge is -2.18. The number of epoxide rings is 1. The van der Waals surface area contributed by atoms with Crippen LogP contribution in [-0.2, 0) is 9.47 Å². The van der Waals surface area contributed by atoms with Crippen molar-refractivity contribution in [1.82, 2.24) is 0 Å². The second-order valence-electron chi connectivity index (χ2n) is 3.22. The molecule has 11 heavy (non-hydrogen) atoms. The van der Waals surface area contributed by atoms with Crippen LogP contribution < -0.4 is 0 Å². The van der Waals surface area contributed by atoms with E-state index in [0.29, 0.717) is 19.4 Å². The van der Waals surface area contributed by atoms with E-state index in [9.17, 15) is 0 Å². The average molecular weight is 156 g/mol. The van der Waals surface area contributed by atoms with Gasteiger partial charge in [-0.25, -0.2) is 0 Å². The first-order chi connectivity index (χ1) is 5.75. The summed E-state index contributed by atoms with van der Waals surface area (Å²) in [5, 5.41) is 0. The third kappa shape index (κ3) is 0.932. The van der Waals surface area contributed by atoms with Crippen LogP contribution in [0.3, 0.4) is 0 Å². The van der Waals surface area contributed by atoms with Gasteiger partial charge in [-0.15, -0.1) is 0 Å². The molecular weight excluding hydrogens is 140 g/mol. The summed E-state index contributed by atoms with van der Waals surface area (Å²) in [5.74, 6) is 0.403. The van der Waals surface area contributed by atoms with Crippen molar-refractivity contribution >= 4 is 0 Å². The van der Waals surface area contributed by atoms with E-state index in [2.05, 4.69) is 13.5 Å². The summed E-state index contributed by atoms with van der Waals surface area (Å²) in [6.07, 6.45) is 0.669. The molecule has 0 amide bonds. The van der Waals surface area contributed by atoms with Crippen molar-refractivity contribution in [2.45, 2.75) is 32.1 Å². The molecule has 1 heterocycles. The van der Waals surface area contributed by atoms with Gasteiger partial charge in [-0.2, -0.15) is 0 Å². The second kappa shape index (κ2) is 2.32. The van der Waals surface area contributed by atoms with Crippen LogP contribution >= 0.6 is 0 Å². The second-order valence-corrected chi connectivity index (χ2v) is 3.22. The Labute approximate surface area is 68.6 Å². The number of ether oxygens (including phenoxy) is 2. The van der Waals surface area contributed by atoms with Gasteiger partial charge in [0.25, 0.3) is 0 Å². The molecule has 2 aliphatic rings. The normalized spacial score (nSPS) is 48.8. The van der Waals surface area contributed by atoms with E-state index >= 15 is 0 Å². The largest absolute Gasteiger partial charge is 0.375 e. The molecule has 0 aromatic carbocycles. The Morgan fingerprint density at radius 3 is 3.18 bits per heavy atom. The van der Waals surface area contributed by atoms with Crippen molar-refractivity contribution < 1.29 is 10.8 Å². The molecule has 62 valence electrons. The van der Waals surface area contributed by atoms with E-state index in [1.807, 2.05) is 0 Å². The van der Waals surface area contributed by atoms with Crippen molar-refractivity contribution in [3.05, 3.63) is 12.2 Å². The summed E-state index contributed by atoms with van der Waals surface area (Å²) in [6, 6.07) is 0. The van der Waals surface area contributed by atoms with Gasteiger partial charge in [0.05, 0.1) is 6.10 Å². The molecule has 1 aliphatic heterocycles. The zero-order chi connectivity index (χ0) is 8.72. The predicted octanol–water partition coefficient (Wildman–Crippen LogP) is 1.36. The number of hydrogen-bond donors (Lipinski definition) is 0. The predicted molar refractivity (Wildman–Crippen MR) is 42.4 cm³/mol. The minimum atomic E-state index is 0.160. The summed E-state index contributed by atoms with van der Waals surface area (Å²) in [5.41, 5.74) is 1.16. The van der Waals surface area contributed by atoms with Gasteiger partial charge >= 0.3 is 0 Å². The Bertz CT molecular complexity index is 205. The highest BCUT2D eigenvalue weighted by Gasteiger charge is 2.57. The Morgan fingerprint density at radius 2 is 2.64 bits per heavy atom. The molecule has 0 radical (unpaired) electrons. The van der Waals surface area contributed by atoms with Crippen LogP contribution in [0, 0.1) is 5.92 Å². The van der Waals surface area contributed by atoms with Gasteiger partial charge in [-0.05, 0) is 12.5 Å². The van der Waals surface area contributed by atoms with Crippen molar-refractivity contribution in [2.24, 2.45) is 5.92 Å². The van der Waals surface area contributed by atoms with Crippen LogP contribution in [0.25, 0.3) is 0 Å². The quantitative estimate of drug-likeness (QED) is 0.445. The van der Waals surface area contributed by atoms with Crippen LogP contribution in [0.4, 0.5) is 0 Å². The van der Waals surface area contributed by atoms with Crippen molar-refractivity contribution in [3.8, 4) is 0 Å². The molecule has 2 rings (SSSR count). The van der Waals surface area contributed by atoms with Gasteiger partial charge in [-0.1, -0.05) is 13.5 Å². The molecular formula is C9H14O2. The maximum absolute atomic E-state index is 6.97. The van der Waals surface area contributed by atoms with Crippen LogP contribution in [0.2, 0.25) is 0 Å². The lowest BCUT2D eigenvalue weighted by Crippen LogP contribution is -2.23. The van der Waals surface area contributed by atoms with Gasteiger partial charge in [0, 0.05) is 13.9 Å². The van der Waals surface area contributed by atoms with E-state index in [0.717, 1.165) is 5.57 Å². The fourth-order valence-corrected chi connectivity index (χ4v) is 1.80. The Hall–Kier alpha value is -0.340. The third-order valence-corrected chi connectivity index (χ3v) is 2.60. The maximum Gasteiger partial charge on any atom is 0.115 e. The number of fused-ring (bicyclic) bond motifs is 1. The standard InChI is InChI=1S/C9H14O2/c1-4-10-7-5(2)6(3)8-9(7)11-8/h5,7-9H,3-4H2,1-2H3/t5-,7+,8-,9+/m0/s1/i1T. The minimum absolute atomic E-state index is 0.160. The minimum Gasteiger partial charge on any atom is -0.375 e. The van der Waals surface area contributed by atoms with Crippen molar-refractivity contribution in [2.75, 3.05) is 6.61 Å². The maximum atomic E-state index is 6.97. The third-order valence-electron chi connectivity index (χ3n) is 2.60. The molecule has 0 bridgehead atoms. The zero-order valence-corrected chi connectivity index (χ0v) is 6.75. The molecule has 1 saturated heterocycles. The topological polar surface area (TPSA) is 21.8 Å². The highest BCUT2D eigenvalue weighted by molar-refractivity contribution is 5.27. The lowest BCUT2D eigenvalue weighted by atomic mass is 10.0. The first kappa shape index (κ1) is 6.21. The van der Waals surface area contributed by atoms with Crippen LogP contribution in [-0.4, -0.2) is 24.9 Å². The van der Waals surface area contributed by atoms with Gasteiger partial charge in [0.2, 0.25) is 0 Å². The van der Waals surface area contributed by atoms with E-state index in [-0.39, 0.29) is 18.3 Å². The number of rotatable bonds is 2. The Morgan fingerprint density at radius 1 is 1.82 bits per heavy atom. The molecule has 0 aromatic rings. The summed E-state index contributed by atoms with van der Waals surface area (Å²) in [6.45, 7) is 6.92. The summed E-state index contributed by atoms with van der Waals surface area (Å²) in [4.78, 5) is 0. The zero-order valence-electron chi connectivity index (χ0n) is 7.75. The van der Waals surface area contributed by atoms with Crippen LogP contribution in [0.5, 0.6) is 0 Å². The molecule has 1 aliphatic carbocycles. The van der Waals surface area contributed by atoms with Crippen LogP contribution in [0.15, 0.2) is 12.2 Å². The Kier molecular flexibility index (Phi) is 1.31. The van der Waals surface area contributed by atoms with Crippen molar-refractivity contribution in [1.29, 1.82) is 0 Å². The molecule has 0 unspecified atom stereocenters. The fourth-order valence-electron chi connectivity index (χ4n) is 1.80. The van der Waals surface area contributed by atoms with Gasteiger partial charge in [-0.3, -0.25) is 0 Å². The van der Waals surface area contributed by atoms with Gasteiger partial charge in [0.1, 0.15) is 12.2 Å². The monoisotopic (exact) mass is 156 g/mol. The van der Waals surface area contributed by atoms with Gasteiger partial charge < -0.3 is 9.47 Å². The first-order valence-electron chi connectivity index (χ1n) is 4.71. The highest BCUT2D eigenvalue weighted by Crippen LogP contribution is 2.46. The summed E-state index contributed by atoms with van der Waals surface area (Å²) in [7, 11) is 0. The Balaban J connectivity index is 1.93. The molecule has 2 heteroatoms. The molecule has 2 fully saturated rings. The average Bonchev–Trinajstić information content (AvgIpc) is 2.79. The highest BCUT2D eigenvalue weighted by atomic mass is 16.6. The van der Waals surface area contributed by atoms with Crippen molar-refractivity contribution in [3.63, 3.8) is 0 Å². The lowest BCUT2D eigenvalue weighted by molar-refractivity contribution is 0.0162. The summed E-state index contributed by atoms with van der Waals surface area (Å²) >= 11 is 0.